The Kier molecular flexibility index (Phi) is 3.46. The molecular formula is C9H17N. The normalized spacial score (nSPS) is 14.3. The van der Waals surface area contributed by atoms with E-state index in [2.05, 4.69) is 25.1 Å². The van der Waals surface area contributed by atoms with Crippen LogP contribution in [-0.2, 0) is 0 Å². The van der Waals surface area contributed by atoms with Crippen molar-refractivity contribution in [2.24, 2.45) is 0 Å². The predicted molar refractivity (Wildman–Crippen MR) is 45.8 cm³/mol. The van der Waals surface area contributed by atoms with E-state index in [4.69, 9.17) is 6.42 Å². The first kappa shape index (κ1) is 9.52. The number of nitrogens with one attached hydrogen (secondary N) is 1. The van der Waals surface area contributed by atoms with Crippen LogP contribution < -0.4 is 5.32 Å². The molecule has 1 N–H and O–H groups in total. The molecular weight excluding hydrogens is 122 g/mol. The van der Waals surface area contributed by atoms with Gasteiger partial charge in [-0.05, 0) is 27.2 Å². The quantitative estimate of drug-likeness (QED) is 0.588. The third kappa shape index (κ3) is 3.53. The molecule has 0 saturated carbocycles. The van der Waals surface area contributed by atoms with E-state index in [0.29, 0.717) is 6.04 Å². The Balaban J connectivity index is 3.79. The SMILES string of the molecule is C#CC(C)(C)NC(C)CC. The van der Waals surface area contributed by atoms with Crippen LogP contribution in [-0.4, -0.2) is 11.6 Å². The molecule has 0 heterocycles. The zero-order valence-corrected chi connectivity index (χ0v) is 7.36. The maximum Gasteiger partial charge on any atom is 0.0743 e. The number of hydrogen-bond acceptors (Lipinski definition) is 1. The van der Waals surface area contributed by atoms with Crippen LogP contribution in [0.5, 0.6) is 0 Å². The molecule has 0 fully saturated rings. The van der Waals surface area contributed by atoms with Crippen LogP contribution in [0.3, 0.4) is 0 Å². The van der Waals surface area contributed by atoms with Crippen LogP contribution in [0.15, 0.2) is 0 Å². The topological polar surface area (TPSA) is 12.0 Å². The second kappa shape index (κ2) is 3.63. The van der Waals surface area contributed by atoms with Gasteiger partial charge in [-0.25, -0.2) is 0 Å². The van der Waals surface area contributed by atoms with Crippen molar-refractivity contribution in [3.63, 3.8) is 0 Å². The summed E-state index contributed by atoms with van der Waals surface area (Å²) in [5.74, 6) is 2.70. The second-order valence-corrected chi connectivity index (χ2v) is 3.22. The Morgan fingerprint density at radius 1 is 1.60 bits per heavy atom. The van der Waals surface area contributed by atoms with E-state index in [-0.39, 0.29) is 5.54 Å². The van der Waals surface area contributed by atoms with E-state index in [1.54, 1.807) is 0 Å². The monoisotopic (exact) mass is 139 g/mol. The van der Waals surface area contributed by atoms with Gasteiger partial charge in [0.05, 0.1) is 5.54 Å². The molecule has 0 aromatic rings. The van der Waals surface area contributed by atoms with Crippen LogP contribution >= 0.6 is 0 Å². The zero-order valence-electron chi connectivity index (χ0n) is 7.36. The number of hydrogen-bond donors (Lipinski definition) is 1. The molecule has 0 bridgehead atoms. The van der Waals surface area contributed by atoms with Crippen LogP contribution in [0.4, 0.5) is 0 Å². The van der Waals surface area contributed by atoms with Crippen molar-refractivity contribution in [1.29, 1.82) is 0 Å². The molecule has 0 aliphatic carbocycles. The predicted octanol–water partition coefficient (Wildman–Crippen LogP) is 1.79. The molecule has 1 atom stereocenters. The van der Waals surface area contributed by atoms with Crippen molar-refractivity contribution >= 4 is 0 Å². The minimum atomic E-state index is -0.157. The molecule has 0 amide bonds. The molecule has 0 radical (unpaired) electrons. The van der Waals surface area contributed by atoms with Crippen molar-refractivity contribution < 1.29 is 0 Å². The molecule has 0 saturated heterocycles. The summed E-state index contributed by atoms with van der Waals surface area (Å²) in [5.41, 5.74) is -0.157. The van der Waals surface area contributed by atoms with E-state index in [1.807, 2.05) is 13.8 Å². The van der Waals surface area contributed by atoms with E-state index >= 15 is 0 Å². The molecule has 0 aromatic carbocycles. The Hall–Kier alpha value is -0.480. The third-order valence-electron chi connectivity index (χ3n) is 1.58. The summed E-state index contributed by atoms with van der Waals surface area (Å²) < 4.78 is 0. The van der Waals surface area contributed by atoms with Gasteiger partial charge in [-0.1, -0.05) is 12.8 Å². The molecule has 0 spiro atoms. The number of rotatable bonds is 3. The minimum absolute atomic E-state index is 0.157. The molecule has 1 heteroatoms. The van der Waals surface area contributed by atoms with Crippen molar-refractivity contribution in [2.75, 3.05) is 0 Å². The van der Waals surface area contributed by atoms with Gasteiger partial charge in [-0.2, -0.15) is 0 Å². The van der Waals surface area contributed by atoms with Gasteiger partial charge in [-0.3, -0.25) is 5.32 Å². The lowest BCUT2D eigenvalue weighted by molar-refractivity contribution is 0.415. The lowest BCUT2D eigenvalue weighted by atomic mass is 10.1. The molecule has 1 unspecified atom stereocenters. The Morgan fingerprint density at radius 3 is 2.40 bits per heavy atom. The standard InChI is InChI=1S/C9H17N/c1-6-8(3)10-9(4,5)7-2/h2,8,10H,6H2,1,3-5H3. The van der Waals surface area contributed by atoms with Crippen molar-refractivity contribution in [3.8, 4) is 12.3 Å². The smallest absolute Gasteiger partial charge is 0.0743 e. The Morgan fingerprint density at radius 2 is 2.10 bits per heavy atom. The van der Waals surface area contributed by atoms with E-state index in [9.17, 15) is 0 Å². The first-order valence-electron chi connectivity index (χ1n) is 3.77. The van der Waals surface area contributed by atoms with Gasteiger partial charge in [0.15, 0.2) is 0 Å². The molecule has 1 nitrogen and oxygen atoms in total. The summed E-state index contributed by atoms with van der Waals surface area (Å²) in [6.45, 7) is 8.31. The summed E-state index contributed by atoms with van der Waals surface area (Å²) in [6.07, 6.45) is 6.41. The fourth-order valence-corrected chi connectivity index (χ4v) is 0.760. The van der Waals surface area contributed by atoms with Gasteiger partial charge < -0.3 is 0 Å². The maximum atomic E-state index is 5.30. The van der Waals surface area contributed by atoms with Gasteiger partial charge in [0.2, 0.25) is 0 Å². The average Bonchev–Trinajstić information content (AvgIpc) is 1.87. The van der Waals surface area contributed by atoms with Crippen LogP contribution in [0, 0.1) is 12.3 Å². The van der Waals surface area contributed by atoms with E-state index in [1.165, 1.54) is 0 Å². The van der Waals surface area contributed by atoms with Crippen molar-refractivity contribution in [1.82, 2.24) is 5.32 Å². The summed E-state index contributed by atoms with van der Waals surface area (Å²) in [4.78, 5) is 0. The fraction of sp³-hybridized carbons (Fsp3) is 0.778. The molecule has 0 rings (SSSR count). The van der Waals surface area contributed by atoms with Gasteiger partial charge in [0.25, 0.3) is 0 Å². The summed E-state index contributed by atoms with van der Waals surface area (Å²) in [5, 5.41) is 3.32. The third-order valence-corrected chi connectivity index (χ3v) is 1.58. The fourth-order valence-electron chi connectivity index (χ4n) is 0.760. The highest BCUT2D eigenvalue weighted by atomic mass is 15.0. The Bertz CT molecular complexity index is 130. The first-order chi connectivity index (χ1) is 4.52. The molecule has 10 heavy (non-hydrogen) atoms. The van der Waals surface area contributed by atoms with Gasteiger partial charge >= 0.3 is 0 Å². The highest BCUT2D eigenvalue weighted by molar-refractivity contribution is 5.07. The van der Waals surface area contributed by atoms with Gasteiger partial charge in [0, 0.05) is 6.04 Å². The molecule has 0 aliphatic heterocycles. The summed E-state index contributed by atoms with van der Waals surface area (Å²) in [7, 11) is 0. The minimum Gasteiger partial charge on any atom is -0.299 e. The van der Waals surface area contributed by atoms with Gasteiger partial charge in [-0.15, -0.1) is 6.42 Å². The lowest BCUT2D eigenvalue weighted by Crippen LogP contribution is -2.43. The highest BCUT2D eigenvalue weighted by Crippen LogP contribution is 2.02. The van der Waals surface area contributed by atoms with Crippen LogP contribution in [0.2, 0.25) is 0 Å². The highest BCUT2D eigenvalue weighted by Gasteiger charge is 2.14. The average molecular weight is 139 g/mol. The van der Waals surface area contributed by atoms with E-state index < -0.39 is 0 Å². The zero-order chi connectivity index (χ0) is 8.20. The first-order valence-corrected chi connectivity index (χ1v) is 3.77. The second-order valence-electron chi connectivity index (χ2n) is 3.22. The maximum absolute atomic E-state index is 5.30. The molecule has 0 aromatic heterocycles. The largest absolute Gasteiger partial charge is 0.299 e. The Labute approximate surface area is 64.2 Å². The molecule has 58 valence electrons. The summed E-state index contributed by atoms with van der Waals surface area (Å²) in [6, 6.07) is 0.506. The lowest BCUT2D eigenvalue weighted by Gasteiger charge is -2.24. The van der Waals surface area contributed by atoms with E-state index in [0.717, 1.165) is 6.42 Å². The van der Waals surface area contributed by atoms with Gasteiger partial charge in [0.1, 0.15) is 0 Å². The van der Waals surface area contributed by atoms with Crippen LogP contribution in [0.25, 0.3) is 0 Å². The van der Waals surface area contributed by atoms with Crippen LogP contribution in [0.1, 0.15) is 34.1 Å². The number of terminal acetylenes is 1. The summed E-state index contributed by atoms with van der Waals surface area (Å²) >= 11 is 0. The van der Waals surface area contributed by atoms with Crippen molar-refractivity contribution in [3.05, 3.63) is 0 Å². The molecule has 0 aliphatic rings. The van der Waals surface area contributed by atoms with Crippen molar-refractivity contribution in [2.45, 2.75) is 45.7 Å².